The van der Waals surface area contributed by atoms with Gasteiger partial charge in [-0.1, -0.05) is 22.6 Å². The SMILES string of the molecule is COc1ccc(CNC(=O)c2sc(=O)n(Cc3c(C)noc3C)c2C)cc1OC. The Morgan fingerprint density at radius 2 is 1.93 bits per heavy atom. The number of aryl methyl sites for hydroxylation is 2. The van der Waals surface area contributed by atoms with Gasteiger partial charge < -0.3 is 19.3 Å². The van der Waals surface area contributed by atoms with Crippen molar-refractivity contribution in [1.82, 2.24) is 15.0 Å². The van der Waals surface area contributed by atoms with Crippen molar-refractivity contribution in [3.05, 3.63) is 61.0 Å². The average molecular weight is 417 g/mol. The molecule has 0 aliphatic heterocycles. The third-order valence-corrected chi connectivity index (χ3v) is 5.83. The van der Waals surface area contributed by atoms with E-state index in [1.807, 2.05) is 13.0 Å². The Morgan fingerprint density at radius 3 is 2.55 bits per heavy atom. The van der Waals surface area contributed by atoms with Gasteiger partial charge in [0.05, 0.1) is 26.5 Å². The number of thiazole rings is 1. The molecule has 1 amide bonds. The number of hydrogen-bond acceptors (Lipinski definition) is 7. The minimum atomic E-state index is -0.295. The molecular formula is C20H23N3O5S. The molecule has 1 aromatic carbocycles. The molecule has 0 atom stereocenters. The van der Waals surface area contributed by atoms with Crippen LogP contribution in [0.2, 0.25) is 0 Å². The highest BCUT2D eigenvalue weighted by molar-refractivity contribution is 7.11. The molecule has 0 radical (unpaired) electrons. The van der Waals surface area contributed by atoms with Crippen LogP contribution >= 0.6 is 11.3 Å². The first-order chi connectivity index (χ1) is 13.8. The van der Waals surface area contributed by atoms with Crippen molar-refractivity contribution in [2.45, 2.75) is 33.9 Å². The van der Waals surface area contributed by atoms with Gasteiger partial charge in [0.15, 0.2) is 11.5 Å². The highest BCUT2D eigenvalue weighted by Gasteiger charge is 2.20. The van der Waals surface area contributed by atoms with Crippen LogP contribution in [-0.2, 0) is 13.1 Å². The van der Waals surface area contributed by atoms with Crippen LogP contribution in [0.15, 0.2) is 27.5 Å². The van der Waals surface area contributed by atoms with E-state index < -0.39 is 0 Å². The lowest BCUT2D eigenvalue weighted by Crippen LogP contribution is -2.23. The quantitative estimate of drug-likeness (QED) is 0.635. The zero-order valence-electron chi connectivity index (χ0n) is 17.0. The topological polar surface area (TPSA) is 95.6 Å². The first kappa shape index (κ1) is 20.7. The number of carbonyl (C=O) groups excluding carboxylic acids is 1. The zero-order chi connectivity index (χ0) is 21.1. The van der Waals surface area contributed by atoms with Crippen molar-refractivity contribution in [3.63, 3.8) is 0 Å². The molecule has 0 saturated heterocycles. The smallest absolute Gasteiger partial charge is 0.308 e. The number of methoxy groups -OCH3 is 2. The van der Waals surface area contributed by atoms with Crippen LogP contribution in [0.3, 0.4) is 0 Å². The van der Waals surface area contributed by atoms with Gasteiger partial charge in [-0.05, 0) is 38.5 Å². The molecule has 3 rings (SSSR count). The van der Waals surface area contributed by atoms with Crippen molar-refractivity contribution in [1.29, 1.82) is 0 Å². The maximum Gasteiger partial charge on any atom is 0.308 e. The molecule has 3 aromatic rings. The Hall–Kier alpha value is -3.07. The molecule has 29 heavy (non-hydrogen) atoms. The average Bonchev–Trinajstić information content (AvgIpc) is 3.19. The third-order valence-electron chi connectivity index (χ3n) is 4.75. The molecule has 0 bridgehead atoms. The number of amides is 1. The van der Waals surface area contributed by atoms with Gasteiger partial charge in [-0.25, -0.2) is 0 Å². The van der Waals surface area contributed by atoms with Crippen LogP contribution in [0.5, 0.6) is 11.5 Å². The van der Waals surface area contributed by atoms with E-state index >= 15 is 0 Å². The lowest BCUT2D eigenvalue weighted by atomic mass is 10.2. The van der Waals surface area contributed by atoms with Crippen LogP contribution in [-0.4, -0.2) is 29.9 Å². The Labute approximate surface area is 172 Å². The second-order valence-electron chi connectivity index (χ2n) is 6.54. The summed E-state index contributed by atoms with van der Waals surface area (Å²) in [6.45, 7) is 6.02. The van der Waals surface area contributed by atoms with Crippen molar-refractivity contribution in [2.75, 3.05) is 14.2 Å². The molecule has 0 fully saturated rings. The second-order valence-corrected chi connectivity index (χ2v) is 7.50. The van der Waals surface area contributed by atoms with Gasteiger partial charge in [0, 0.05) is 17.8 Å². The van der Waals surface area contributed by atoms with E-state index in [2.05, 4.69) is 10.5 Å². The monoisotopic (exact) mass is 417 g/mol. The number of nitrogens with zero attached hydrogens (tertiary/aromatic N) is 2. The van der Waals surface area contributed by atoms with E-state index in [1.165, 1.54) is 0 Å². The van der Waals surface area contributed by atoms with Gasteiger partial charge in [0.1, 0.15) is 10.6 Å². The summed E-state index contributed by atoms with van der Waals surface area (Å²) >= 11 is 0.931. The van der Waals surface area contributed by atoms with Crippen LogP contribution < -0.4 is 19.7 Å². The Bertz CT molecular complexity index is 1080. The standard InChI is InChI=1S/C20H23N3O5S/c1-11-15(13(3)28-22-11)10-23-12(2)18(29-20(23)25)19(24)21-9-14-6-7-16(26-4)17(8-14)27-5/h6-8H,9-10H2,1-5H3,(H,21,24). The molecule has 154 valence electrons. The molecule has 0 aliphatic rings. The number of carbonyl (C=O) groups is 1. The summed E-state index contributed by atoms with van der Waals surface area (Å²) < 4.78 is 17.2. The number of benzene rings is 1. The van der Waals surface area contributed by atoms with E-state index in [1.54, 1.807) is 44.8 Å². The zero-order valence-corrected chi connectivity index (χ0v) is 17.8. The first-order valence-corrected chi connectivity index (χ1v) is 9.78. The number of nitrogens with one attached hydrogen (secondary N) is 1. The van der Waals surface area contributed by atoms with Crippen molar-refractivity contribution in [3.8, 4) is 11.5 Å². The van der Waals surface area contributed by atoms with Crippen molar-refractivity contribution in [2.24, 2.45) is 0 Å². The van der Waals surface area contributed by atoms with Crippen molar-refractivity contribution >= 4 is 17.2 Å². The fourth-order valence-electron chi connectivity index (χ4n) is 3.01. The fraction of sp³-hybridized carbons (Fsp3) is 0.350. The van der Waals surface area contributed by atoms with Crippen LogP contribution in [0.25, 0.3) is 0 Å². The Kier molecular flexibility index (Phi) is 6.07. The van der Waals surface area contributed by atoms with E-state index in [-0.39, 0.29) is 10.8 Å². The van der Waals surface area contributed by atoms with Gasteiger partial charge in [-0.3, -0.25) is 14.2 Å². The van der Waals surface area contributed by atoms with Gasteiger partial charge in [0.2, 0.25) is 0 Å². The number of hydrogen-bond donors (Lipinski definition) is 1. The summed E-state index contributed by atoms with van der Waals surface area (Å²) in [7, 11) is 3.12. The molecule has 2 aromatic heterocycles. The van der Waals surface area contributed by atoms with Gasteiger partial charge >= 0.3 is 4.87 Å². The summed E-state index contributed by atoms with van der Waals surface area (Å²) in [6.07, 6.45) is 0. The van der Waals surface area contributed by atoms with Crippen LogP contribution in [0, 0.1) is 20.8 Å². The molecule has 0 spiro atoms. The molecule has 9 heteroatoms. The van der Waals surface area contributed by atoms with E-state index in [4.69, 9.17) is 14.0 Å². The van der Waals surface area contributed by atoms with E-state index in [0.717, 1.165) is 28.2 Å². The van der Waals surface area contributed by atoms with Gasteiger partial charge in [-0.2, -0.15) is 0 Å². The molecule has 2 heterocycles. The third kappa shape index (κ3) is 4.19. The van der Waals surface area contributed by atoms with E-state index in [0.29, 0.717) is 40.9 Å². The fourth-order valence-corrected chi connectivity index (χ4v) is 3.92. The van der Waals surface area contributed by atoms with Crippen LogP contribution in [0.4, 0.5) is 0 Å². The van der Waals surface area contributed by atoms with Crippen LogP contribution in [0.1, 0.15) is 37.9 Å². The molecule has 0 saturated carbocycles. The summed E-state index contributed by atoms with van der Waals surface area (Å²) in [5, 5.41) is 6.78. The summed E-state index contributed by atoms with van der Waals surface area (Å²) in [4.78, 5) is 25.3. The Balaban J connectivity index is 1.76. The van der Waals surface area contributed by atoms with E-state index in [9.17, 15) is 9.59 Å². The molecule has 0 unspecified atom stereocenters. The largest absolute Gasteiger partial charge is 0.493 e. The summed E-state index contributed by atoms with van der Waals surface area (Å²) in [5.74, 6) is 1.58. The van der Waals surface area contributed by atoms with Gasteiger partial charge in [-0.15, -0.1) is 0 Å². The molecular weight excluding hydrogens is 394 g/mol. The summed E-state index contributed by atoms with van der Waals surface area (Å²) in [5.41, 5.74) is 3.06. The maximum atomic E-state index is 12.7. The molecule has 8 nitrogen and oxygen atoms in total. The molecule has 0 aliphatic carbocycles. The van der Waals surface area contributed by atoms with Crippen molar-refractivity contribution < 1.29 is 18.8 Å². The first-order valence-electron chi connectivity index (χ1n) is 8.96. The maximum absolute atomic E-state index is 12.7. The minimum absolute atomic E-state index is 0.196. The lowest BCUT2D eigenvalue weighted by molar-refractivity contribution is 0.0954. The normalized spacial score (nSPS) is 10.8. The Morgan fingerprint density at radius 1 is 1.21 bits per heavy atom. The van der Waals surface area contributed by atoms with Gasteiger partial charge in [0.25, 0.3) is 5.91 Å². The minimum Gasteiger partial charge on any atom is -0.493 e. The summed E-state index contributed by atoms with van der Waals surface area (Å²) in [6, 6.07) is 5.43. The second kappa shape index (κ2) is 8.52. The lowest BCUT2D eigenvalue weighted by Gasteiger charge is -2.10. The highest BCUT2D eigenvalue weighted by Crippen LogP contribution is 2.27. The predicted molar refractivity (Wildman–Crippen MR) is 109 cm³/mol. The highest BCUT2D eigenvalue weighted by atomic mass is 32.1. The number of ether oxygens (including phenoxy) is 2. The molecule has 1 N–H and O–H groups in total. The number of aromatic nitrogens is 2. The predicted octanol–water partition coefficient (Wildman–Crippen LogP) is 2.82. The number of rotatable bonds is 7.